The molecule has 2 rings (SSSR count). The third kappa shape index (κ3) is 3.98. The second-order valence-corrected chi connectivity index (χ2v) is 7.15. The minimum atomic E-state index is -0.0290. The van der Waals surface area contributed by atoms with Gasteiger partial charge in [0.15, 0.2) is 0 Å². The molecule has 1 aromatic carbocycles. The molecule has 1 N–H and O–H groups in total. The molecule has 2 unspecified atom stereocenters. The molecule has 1 fully saturated rings. The number of carbonyl (C=O) groups excluding carboxylic acids is 1. The quantitative estimate of drug-likeness (QED) is 0.765. The average molecular weight is 405 g/mol. The fraction of sp³-hybridized carbons (Fsp3) is 0.533. The number of hydrogen-bond acceptors (Lipinski definition) is 2. The van der Waals surface area contributed by atoms with Gasteiger partial charge in [0, 0.05) is 16.9 Å². The molecule has 1 saturated carbocycles. The van der Waals surface area contributed by atoms with Crippen LogP contribution in [0.2, 0.25) is 0 Å². The lowest BCUT2D eigenvalue weighted by Crippen LogP contribution is -2.34. The van der Waals surface area contributed by atoms with Gasteiger partial charge >= 0.3 is 0 Å². The van der Waals surface area contributed by atoms with Gasteiger partial charge < -0.3 is 10.1 Å². The van der Waals surface area contributed by atoms with Crippen LogP contribution in [-0.4, -0.2) is 24.4 Å². The smallest absolute Gasteiger partial charge is 0.251 e. The van der Waals surface area contributed by atoms with Crippen molar-refractivity contribution in [3.8, 4) is 5.75 Å². The van der Waals surface area contributed by atoms with Gasteiger partial charge in [0.1, 0.15) is 5.75 Å². The number of alkyl halides is 1. The Hall–Kier alpha value is -0.550. The number of carbonyl (C=O) groups is 1. The third-order valence-corrected chi connectivity index (χ3v) is 5.58. The molecule has 0 aliphatic heterocycles. The molecular formula is C15H19Br2NO2. The molecule has 1 aromatic rings. The Bertz CT molecular complexity index is 479. The van der Waals surface area contributed by atoms with Crippen LogP contribution in [0.15, 0.2) is 22.7 Å². The lowest BCUT2D eigenvalue weighted by molar-refractivity contribution is 0.0944. The van der Waals surface area contributed by atoms with Crippen LogP contribution >= 0.6 is 31.9 Å². The summed E-state index contributed by atoms with van der Waals surface area (Å²) in [5.74, 6) is 1.24. The topological polar surface area (TPSA) is 38.3 Å². The van der Waals surface area contributed by atoms with Crippen molar-refractivity contribution in [2.24, 2.45) is 5.92 Å². The summed E-state index contributed by atoms with van der Waals surface area (Å²) in [6, 6.07) is 5.37. The molecule has 1 aliphatic rings. The summed E-state index contributed by atoms with van der Waals surface area (Å²) in [5.41, 5.74) is 0.652. The van der Waals surface area contributed by atoms with E-state index in [-0.39, 0.29) is 5.91 Å². The van der Waals surface area contributed by atoms with Gasteiger partial charge in [-0.3, -0.25) is 4.79 Å². The summed E-state index contributed by atoms with van der Waals surface area (Å²) >= 11 is 7.12. The first kappa shape index (κ1) is 15.8. The average Bonchev–Trinajstić information content (AvgIpc) is 2.46. The number of hydrogen-bond donors (Lipinski definition) is 1. The van der Waals surface area contributed by atoms with Gasteiger partial charge in [-0.15, -0.1) is 0 Å². The van der Waals surface area contributed by atoms with Crippen molar-refractivity contribution in [1.29, 1.82) is 0 Å². The van der Waals surface area contributed by atoms with Crippen molar-refractivity contribution in [2.45, 2.75) is 30.5 Å². The minimum absolute atomic E-state index is 0.0290. The van der Waals surface area contributed by atoms with Crippen LogP contribution in [0.5, 0.6) is 5.75 Å². The van der Waals surface area contributed by atoms with Crippen LogP contribution in [-0.2, 0) is 0 Å². The fourth-order valence-corrected chi connectivity index (χ4v) is 3.84. The Kier molecular flexibility index (Phi) is 5.90. The standard InChI is InChI=1S/C15H19Br2NO2/c1-20-14-7-6-10(8-13(14)17)15(19)18-9-11-4-2-3-5-12(11)16/h6-8,11-12H,2-5,9H2,1H3,(H,18,19). The highest BCUT2D eigenvalue weighted by Crippen LogP contribution is 2.29. The zero-order valence-electron chi connectivity index (χ0n) is 11.5. The highest BCUT2D eigenvalue weighted by Gasteiger charge is 2.23. The molecule has 0 bridgehead atoms. The lowest BCUT2D eigenvalue weighted by Gasteiger charge is -2.27. The Morgan fingerprint density at radius 1 is 1.40 bits per heavy atom. The Labute approximate surface area is 136 Å². The van der Waals surface area contributed by atoms with Crippen LogP contribution in [0, 0.1) is 5.92 Å². The van der Waals surface area contributed by atoms with Crippen LogP contribution in [0.3, 0.4) is 0 Å². The number of ether oxygens (including phenoxy) is 1. The van der Waals surface area contributed by atoms with E-state index in [1.54, 1.807) is 25.3 Å². The van der Waals surface area contributed by atoms with Gasteiger partial charge in [0.05, 0.1) is 11.6 Å². The molecule has 1 aliphatic carbocycles. The van der Waals surface area contributed by atoms with Gasteiger partial charge in [0.25, 0.3) is 5.91 Å². The monoisotopic (exact) mass is 403 g/mol. The van der Waals surface area contributed by atoms with Crippen molar-refractivity contribution >= 4 is 37.8 Å². The zero-order valence-corrected chi connectivity index (χ0v) is 14.7. The molecule has 0 saturated heterocycles. The van der Waals surface area contributed by atoms with Crippen LogP contribution < -0.4 is 10.1 Å². The van der Waals surface area contributed by atoms with E-state index in [9.17, 15) is 4.79 Å². The van der Waals surface area contributed by atoms with Gasteiger partial charge in [-0.05, 0) is 52.9 Å². The van der Waals surface area contributed by atoms with Crippen molar-refractivity contribution < 1.29 is 9.53 Å². The van der Waals surface area contributed by atoms with E-state index < -0.39 is 0 Å². The van der Waals surface area contributed by atoms with E-state index in [0.717, 1.165) is 16.8 Å². The van der Waals surface area contributed by atoms with E-state index in [1.807, 2.05) is 0 Å². The second kappa shape index (κ2) is 7.46. The number of methoxy groups -OCH3 is 1. The Morgan fingerprint density at radius 2 is 2.15 bits per heavy atom. The maximum atomic E-state index is 12.2. The van der Waals surface area contributed by atoms with Crippen molar-refractivity contribution in [2.75, 3.05) is 13.7 Å². The maximum absolute atomic E-state index is 12.2. The second-order valence-electron chi connectivity index (χ2n) is 5.12. The normalized spacial score (nSPS) is 22.4. The van der Waals surface area contributed by atoms with Gasteiger partial charge in [-0.1, -0.05) is 28.8 Å². The summed E-state index contributed by atoms with van der Waals surface area (Å²) in [7, 11) is 1.61. The van der Waals surface area contributed by atoms with Gasteiger partial charge in [-0.2, -0.15) is 0 Å². The molecular weight excluding hydrogens is 386 g/mol. The molecule has 20 heavy (non-hydrogen) atoms. The van der Waals surface area contributed by atoms with Crippen LogP contribution in [0.25, 0.3) is 0 Å². The molecule has 110 valence electrons. The van der Waals surface area contributed by atoms with Crippen molar-refractivity contribution in [1.82, 2.24) is 5.32 Å². The molecule has 0 aromatic heterocycles. The van der Waals surface area contributed by atoms with E-state index in [1.165, 1.54) is 25.7 Å². The molecule has 1 amide bonds. The molecule has 5 heteroatoms. The number of amides is 1. The van der Waals surface area contributed by atoms with Crippen LogP contribution in [0.4, 0.5) is 0 Å². The predicted octanol–water partition coefficient (Wildman–Crippen LogP) is 4.14. The number of rotatable bonds is 4. The van der Waals surface area contributed by atoms with E-state index >= 15 is 0 Å². The minimum Gasteiger partial charge on any atom is -0.496 e. The Balaban J connectivity index is 1.93. The first-order valence-corrected chi connectivity index (χ1v) is 8.58. The van der Waals surface area contributed by atoms with Crippen molar-refractivity contribution in [3.05, 3.63) is 28.2 Å². The van der Waals surface area contributed by atoms with Gasteiger partial charge in [-0.25, -0.2) is 0 Å². The molecule has 0 radical (unpaired) electrons. The number of nitrogens with one attached hydrogen (secondary N) is 1. The third-order valence-electron chi connectivity index (χ3n) is 3.76. The first-order chi connectivity index (χ1) is 9.61. The summed E-state index contributed by atoms with van der Waals surface area (Å²) in [5, 5.41) is 3.03. The number of benzene rings is 1. The highest BCUT2D eigenvalue weighted by atomic mass is 79.9. The van der Waals surface area contributed by atoms with Crippen LogP contribution in [0.1, 0.15) is 36.0 Å². The largest absolute Gasteiger partial charge is 0.496 e. The summed E-state index contributed by atoms with van der Waals surface area (Å²) < 4.78 is 5.96. The first-order valence-electron chi connectivity index (χ1n) is 6.87. The summed E-state index contributed by atoms with van der Waals surface area (Å²) in [6.07, 6.45) is 4.93. The van der Waals surface area contributed by atoms with E-state index in [4.69, 9.17) is 4.74 Å². The lowest BCUT2D eigenvalue weighted by atomic mass is 9.89. The van der Waals surface area contributed by atoms with Crippen molar-refractivity contribution in [3.63, 3.8) is 0 Å². The van der Waals surface area contributed by atoms with E-state index in [2.05, 4.69) is 37.2 Å². The maximum Gasteiger partial charge on any atom is 0.251 e. The summed E-state index contributed by atoms with van der Waals surface area (Å²) in [4.78, 5) is 12.7. The number of halogens is 2. The predicted molar refractivity (Wildman–Crippen MR) is 87.7 cm³/mol. The Morgan fingerprint density at radius 3 is 2.80 bits per heavy atom. The SMILES string of the molecule is COc1ccc(C(=O)NCC2CCCCC2Br)cc1Br. The fourth-order valence-electron chi connectivity index (χ4n) is 2.53. The molecule has 0 heterocycles. The van der Waals surface area contributed by atoms with E-state index in [0.29, 0.717) is 16.3 Å². The molecule has 3 nitrogen and oxygen atoms in total. The highest BCUT2D eigenvalue weighted by molar-refractivity contribution is 9.10. The van der Waals surface area contributed by atoms with Gasteiger partial charge in [0.2, 0.25) is 0 Å². The zero-order chi connectivity index (χ0) is 14.5. The molecule has 2 atom stereocenters. The molecule has 0 spiro atoms. The summed E-state index contributed by atoms with van der Waals surface area (Å²) in [6.45, 7) is 0.735.